The fraction of sp³-hybridized carbons (Fsp3) is 0.571. The van der Waals surface area contributed by atoms with Crippen LogP contribution in [0.4, 0.5) is 0 Å². The van der Waals surface area contributed by atoms with Crippen LogP contribution in [0.15, 0.2) is 24.3 Å². The first-order valence-corrected chi connectivity index (χ1v) is 6.41. The van der Waals surface area contributed by atoms with Crippen molar-refractivity contribution >= 4 is 0 Å². The second-order valence-electron chi connectivity index (χ2n) is 4.86. The number of phenolic OH excluding ortho intramolecular Hbond substituents is 1. The van der Waals surface area contributed by atoms with E-state index in [1.54, 1.807) is 6.07 Å². The van der Waals surface area contributed by atoms with Crippen LogP contribution in [-0.4, -0.2) is 36.2 Å². The summed E-state index contributed by atoms with van der Waals surface area (Å²) in [6, 6.07) is 8.52. The zero-order chi connectivity index (χ0) is 12.3. The zero-order valence-corrected chi connectivity index (χ0v) is 10.7. The number of para-hydroxylation sites is 1. The molecule has 1 saturated heterocycles. The maximum Gasteiger partial charge on any atom is 0.120 e. The number of likely N-dealkylation sites (tertiary alicyclic amines) is 1. The van der Waals surface area contributed by atoms with Crippen LogP contribution in [0.25, 0.3) is 0 Å². The second kappa shape index (κ2) is 5.52. The molecule has 0 spiro atoms. The summed E-state index contributed by atoms with van der Waals surface area (Å²) >= 11 is 0. The van der Waals surface area contributed by atoms with Gasteiger partial charge in [-0.3, -0.25) is 4.90 Å². The highest BCUT2D eigenvalue weighted by Crippen LogP contribution is 2.29. The number of benzene rings is 1. The van der Waals surface area contributed by atoms with Crippen molar-refractivity contribution in [2.24, 2.45) is 0 Å². The normalized spacial score (nSPS) is 23.5. The van der Waals surface area contributed by atoms with Gasteiger partial charge in [-0.1, -0.05) is 18.2 Å². The number of aromatic hydroxyl groups is 1. The Hall–Kier alpha value is -1.06. The molecule has 2 N–H and O–H groups in total. The first-order chi connectivity index (χ1) is 8.22. The van der Waals surface area contributed by atoms with Crippen LogP contribution in [0.2, 0.25) is 0 Å². The number of likely N-dealkylation sites (N-methyl/N-ethyl adjacent to an activating group) is 1. The van der Waals surface area contributed by atoms with Gasteiger partial charge in [0, 0.05) is 24.2 Å². The van der Waals surface area contributed by atoms with Crippen molar-refractivity contribution in [3.63, 3.8) is 0 Å². The minimum Gasteiger partial charge on any atom is -0.508 e. The van der Waals surface area contributed by atoms with Crippen LogP contribution in [-0.2, 0) is 0 Å². The fourth-order valence-corrected chi connectivity index (χ4v) is 2.63. The molecule has 1 aliphatic rings. The quantitative estimate of drug-likeness (QED) is 0.841. The maximum absolute atomic E-state index is 9.89. The van der Waals surface area contributed by atoms with Gasteiger partial charge in [0.15, 0.2) is 0 Å². The molecule has 1 fully saturated rings. The van der Waals surface area contributed by atoms with Gasteiger partial charge in [0.25, 0.3) is 0 Å². The van der Waals surface area contributed by atoms with Crippen LogP contribution >= 0.6 is 0 Å². The van der Waals surface area contributed by atoms with E-state index < -0.39 is 0 Å². The molecule has 0 aromatic heterocycles. The number of rotatable bonds is 3. The molecule has 17 heavy (non-hydrogen) atoms. The van der Waals surface area contributed by atoms with Gasteiger partial charge >= 0.3 is 0 Å². The lowest BCUT2D eigenvalue weighted by Gasteiger charge is -2.37. The Kier molecular flexibility index (Phi) is 4.02. The third kappa shape index (κ3) is 2.79. The summed E-state index contributed by atoms with van der Waals surface area (Å²) < 4.78 is 0. The lowest BCUT2D eigenvalue weighted by atomic mass is 10.00. The van der Waals surface area contributed by atoms with Crippen LogP contribution < -0.4 is 5.32 Å². The number of nitrogens with one attached hydrogen (secondary N) is 1. The SMILES string of the molecule is CNC1CCCN(C(C)c2ccccc2O)C1. The number of nitrogens with zero attached hydrogens (tertiary/aromatic N) is 1. The van der Waals surface area contributed by atoms with Crippen molar-refractivity contribution in [3.8, 4) is 5.75 Å². The first kappa shape index (κ1) is 12.4. The Morgan fingerprint density at radius 3 is 2.88 bits per heavy atom. The van der Waals surface area contributed by atoms with Crippen molar-refractivity contribution < 1.29 is 5.11 Å². The van der Waals surface area contributed by atoms with E-state index in [0.717, 1.165) is 18.7 Å². The van der Waals surface area contributed by atoms with E-state index in [9.17, 15) is 5.11 Å². The van der Waals surface area contributed by atoms with Crippen LogP contribution in [0.3, 0.4) is 0 Å². The monoisotopic (exact) mass is 234 g/mol. The molecular formula is C14H22N2O. The molecule has 3 nitrogen and oxygen atoms in total. The van der Waals surface area contributed by atoms with E-state index in [4.69, 9.17) is 0 Å². The van der Waals surface area contributed by atoms with Gasteiger partial charge in [-0.2, -0.15) is 0 Å². The molecule has 1 heterocycles. The lowest BCUT2D eigenvalue weighted by molar-refractivity contribution is 0.147. The Labute approximate surface area is 103 Å². The lowest BCUT2D eigenvalue weighted by Crippen LogP contribution is -2.45. The van der Waals surface area contributed by atoms with E-state index >= 15 is 0 Å². The average molecular weight is 234 g/mol. The summed E-state index contributed by atoms with van der Waals surface area (Å²) in [4.78, 5) is 2.44. The second-order valence-corrected chi connectivity index (χ2v) is 4.86. The van der Waals surface area contributed by atoms with Gasteiger partial charge in [-0.05, 0) is 39.4 Å². The third-order valence-electron chi connectivity index (χ3n) is 3.80. The number of hydrogen-bond donors (Lipinski definition) is 2. The van der Waals surface area contributed by atoms with Gasteiger partial charge < -0.3 is 10.4 Å². The Balaban J connectivity index is 2.09. The molecule has 94 valence electrons. The van der Waals surface area contributed by atoms with E-state index in [1.165, 1.54) is 12.8 Å². The highest BCUT2D eigenvalue weighted by atomic mass is 16.3. The molecule has 0 bridgehead atoms. The predicted molar refractivity (Wildman–Crippen MR) is 70.2 cm³/mol. The van der Waals surface area contributed by atoms with E-state index in [0.29, 0.717) is 11.8 Å². The molecule has 2 atom stereocenters. The Morgan fingerprint density at radius 1 is 1.41 bits per heavy atom. The highest BCUT2D eigenvalue weighted by molar-refractivity contribution is 5.34. The van der Waals surface area contributed by atoms with Crippen LogP contribution in [0, 0.1) is 0 Å². The van der Waals surface area contributed by atoms with Gasteiger partial charge in [-0.25, -0.2) is 0 Å². The summed E-state index contributed by atoms with van der Waals surface area (Å²) in [5, 5.41) is 13.2. The number of piperidine rings is 1. The van der Waals surface area contributed by atoms with Crippen molar-refractivity contribution in [1.82, 2.24) is 10.2 Å². The summed E-state index contributed by atoms with van der Waals surface area (Å²) in [5.41, 5.74) is 1.03. The largest absolute Gasteiger partial charge is 0.508 e. The zero-order valence-electron chi connectivity index (χ0n) is 10.7. The third-order valence-corrected chi connectivity index (χ3v) is 3.80. The molecule has 1 aliphatic heterocycles. The minimum atomic E-state index is 0.285. The molecule has 0 aliphatic carbocycles. The van der Waals surface area contributed by atoms with Crippen LogP contribution in [0.1, 0.15) is 31.4 Å². The molecule has 0 amide bonds. The maximum atomic E-state index is 9.89. The predicted octanol–water partition coefficient (Wildman–Crippen LogP) is 2.14. The molecule has 2 unspecified atom stereocenters. The van der Waals surface area contributed by atoms with E-state index in [2.05, 4.69) is 17.1 Å². The standard InChI is InChI=1S/C14H22N2O/c1-11(13-7-3-4-8-14(13)17)16-9-5-6-12(10-16)15-2/h3-4,7-8,11-12,15,17H,5-6,9-10H2,1-2H3. The molecule has 1 aromatic carbocycles. The van der Waals surface area contributed by atoms with Crippen molar-refractivity contribution in [2.45, 2.75) is 31.8 Å². The minimum absolute atomic E-state index is 0.285. The van der Waals surface area contributed by atoms with Crippen molar-refractivity contribution in [1.29, 1.82) is 0 Å². The highest BCUT2D eigenvalue weighted by Gasteiger charge is 2.24. The molecule has 0 radical (unpaired) electrons. The number of hydrogen-bond acceptors (Lipinski definition) is 3. The van der Waals surface area contributed by atoms with Crippen LogP contribution in [0.5, 0.6) is 5.75 Å². The Morgan fingerprint density at radius 2 is 2.18 bits per heavy atom. The summed E-state index contributed by atoms with van der Waals surface area (Å²) in [6.07, 6.45) is 2.48. The van der Waals surface area contributed by atoms with Gasteiger partial charge in [0.05, 0.1) is 0 Å². The van der Waals surface area contributed by atoms with Gasteiger partial charge in [0.1, 0.15) is 5.75 Å². The first-order valence-electron chi connectivity index (χ1n) is 6.41. The topological polar surface area (TPSA) is 35.5 Å². The summed E-state index contributed by atoms with van der Waals surface area (Å²) in [5.74, 6) is 0.409. The van der Waals surface area contributed by atoms with Gasteiger partial charge in [0.2, 0.25) is 0 Å². The molecule has 3 heteroatoms. The molecule has 2 rings (SSSR count). The average Bonchev–Trinajstić information content (AvgIpc) is 2.38. The Bertz CT molecular complexity index is 367. The van der Waals surface area contributed by atoms with Crippen molar-refractivity contribution in [2.75, 3.05) is 20.1 Å². The number of phenols is 1. The van der Waals surface area contributed by atoms with E-state index in [-0.39, 0.29) is 6.04 Å². The molecule has 1 aromatic rings. The smallest absolute Gasteiger partial charge is 0.120 e. The van der Waals surface area contributed by atoms with Crippen molar-refractivity contribution in [3.05, 3.63) is 29.8 Å². The summed E-state index contributed by atoms with van der Waals surface area (Å²) in [6.45, 7) is 4.35. The fourth-order valence-electron chi connectivity index (χ4n) is 2.63. The molecule has 0 saturated carbocycles. The van der Waals surface area contributed by atoms with E-state index in [1.807, 2.05) is 25.2 Å². The molecular weight excluding hydrogens is 212 g/mol. The summed E-state index contributed by atoms with van der Waals surface area (Å²) in [7, 11) is 2.03. The van der Waals surface area contributed by atoms with Gasteiger partial charge in [-0.15, -0.1) is 0 Å².